The molecule has 2 aromatic rings. The van der Waals surface area contributed by atoms with E-state index in [1.165, 1.54) is 12.1 Å². The summed E-state index contributed by atoms with van der Waals surface area (Å²) in [4.78, 5) is 16.6. The summed E-state index contributed by atoms with van der Waals surface area (Å²) in [5.41, 5.74) is 2.32. The highest BCUT2D eigenvalue weighted by Gasteiger charge is 2.20. The molecule has 4 nitrogen and oxygen atoms in total. The maximum atomic E-state index is 13.0. The summed E-state index contributed by atoms with van der Waals surface area (Å²) in [7, 11) is 0. The minimum Gasteiger partial charge on any atom is -0.369 e. The van der Waals surface area contributed by atoms with Crippen molar-refractivity contribution in [1.82, 2.24) is 4.90 Å². The number of aryl methyl sites for hydroxylation is 1. The largest absolute Gasteiger partial charge is 0.369 e. The van der Waals surface area contributed by atoms with Gasteiger partial charge in [0, 0.05) is 31.9 Å². The Morgan fingerprint density at radius 2 is 1.73 bits per heavy atom. The highest BCUT2D eigenvalue weighted by atomic mass is 35.5. The molecule has 1 amide bonds. The SMILES string of the molecule is Cc1ccc(Cl)c(NC(=O)CN2CCN(c3ccc(F)cc3)CC2)c1Cl. The smallest absolute Gasteiger partial charge is 0.238 e. The summed E-state index contributed by atoms with van der Waals surface area (Å²) in [5, 5.41) is 3.71. The number of piperazine rings is 1. The molecule has 0 radical (unpaired) electrons. The lowest BCUT2D eigenvalue weighted by atomic mass is 10.2. The van der Waals surface area contributed by atoms with Crippen LogP contribution in [0.25, 0.3) is 0 Å². The average Bonchev–Trinajstić information content (AvgIpc) is 2.63. The van der Waals surface area contributed by atoms with Gasteiger partial charge in [0.25, 0.3) is 0 Å². The van der Waals surface area contributed by atoms with Gasteiger partial charge in [-0.1, -0.05) is 29.3 Å². The molecule has 0 atom stereocenters. The number of carbonyl (C=O) groups is 1. The van der Waals surface area contributed by atoms with Crippen molar-refractivity contribution >= 4 is 40.5 Å². The number of halogens is 3. The average molecular weight is 396 g/mol. The van der Waals surface area contributed by atoms with Crippen molar-refractivity contribution in [2.45, 2.75) is 6.92 Å². The van der Waals surface area contributed by atoms with Gasteiger partial charge in [-0.25, -0.2) is 4.39 Å². The van der Waals surface area contributed by atoms with Gasteiger partial charge >= 0.3 is 0 Å². The highest BCUT2D eigenvalue weighted by molar-refractivity contribution is 6.40. The van der Waals surface area contributed by atoms with E-state index < -0.39 is 0 Å². The first-order chi connectivity index (χ1) is 12.4. The van der Waals surface area contributed by atoms with E-state index in [1.807, 2.05) is 13.0 Å². The molecule has 0 unspecified atom stereocenters. The summed E-state index contributed by atoms with van der Waals surface area (Å²) in [6.45, 7) is 5.21. The van der Waals surface area contributed by atoms with Gasteiger partial charge in [0.2, 0.25) is 5.91 Å². The van der Waals surface area contributed by atoms with E-state index in [2.05, 4.69) is 15.1 Å². The number of rotatable bonds is 4. The second-order valence-electron chi connectivity index (χ2n) is 6.34. The molecule has 138 valence electrons. The Balaban J connectivity index is 1.54. The van der Waals surface area contributed by atoms with E-state index in [0.29, 0.717) is 15.7 Å². The zero-order valence-corrected chi connectivity index (χ0v) is 15.9. The summed E-state index contributed by atoms with van der Waals surface area (Å²) >= 11 is 12.4. The predicted octanol–water partition coefficient (Wildman–Crippen LogP) is 4.20. The van der Waals surface area contributed by atoms with Crippen molar-refractivity contribution in [2.24, 2.45) is 0 Å². The lowest BCUT2D eigenvalue weighted by Crippen LogP contribution is -2.48. The molecule has 0 bridgehead atoms. The molecule has 3 rings (SSSR count). The van der Waals surface area contributed by atoms with E-state index in [9.17, 15) is 9.18 Å². The maximum Gasteiger partial charge on any atom is 0.238 e. The number of nitrogens with one attached hydrogen (secondary N) is 1. The van der Waals surface area contributed by atoms with Crippen LogP contribution in [0.5, 0.6) is 0 Å². The zero-order valence-electron chi connectivity index (χ0n) is 14.4. The van der Waals surface area contributed by atoms with E-state index in [4.69, 9.17) is 23.2 Å². The number of carbonyl (C=O) groups excluding carboxylic acids is 1. The lowest BCUT2D eigenvalue weighted by Gasteiger charge is -2.35. The van der Waals surface area contributed by atoms with Crippen LogP contribution in [-0.2, 0) is 4.79 Å². The molecular weight excluding hydrogens is 376 g/mol. The number of benzene rings is 2. The number of anilines is 2. The third kappa shape index (κ3) is 4.47. The second-order valence-corrected chi connectivity index (χ2v) is 7.13. The minimum absolute atomic E-state index is 0.144. The Hall–Kier alpha value is -1.82. The molecule has 1 aliphatic heterocycles. The van der Waals surface area contributed by atoms with Gasteiger partial charge in [-0.05, 0) is 42.8 Å². The fourth-order valence-corrected chi connectivity index (χ4v) is 3.43. The summed E-state index contributed by atoms with van der Waals surface area (Å²) in [6, 6.07) is 10.0. The standard InChI is InChI=1S/C19H20Cl2FN3O/c1-13-2-7-16(20)19(18(13)21)23-17(26)12-24-8-10-25(11-9-24)15-5-3-14(22)4-6-15/h2-7H,8-12H2,1H3,(H,23,26). The van der Waals surface area contributed by atoms with E-state index in [1.54, 1.807) is 18.2 Å². The van der Waals surface area contributed by atoms with Gasteiger partial charge in [-0.2, -0.15) is 0 Å². The molecule has 0 aliphatic carbocycles. The molecule has 1 N–H and O–H groups in total. The number of nitrogens with zero attached hydrogens (tertiary/aromatic N) is 2. The van der Waals surface area contributed by atoms with Gasteiger partial charge in [-0.15, -0.1) is 0 Å². The molecule has 7 heteroatoms. The predicted molar refractivity (Wildman–Crippen MR) is 105 cm³/mol. The van der Waals surface area contributed by atoms with Gasteiger partial charge in [0.1, 0.15) is 5.82 Å². The van der Waals surface area contributed by atoms with Crippen LogP contribution in [0.1, 0.15) is 5.56 Å². The van der Waals surface area contributed by atoms with Crippen LogP contribution < -0.4 is 10.2 Å². The van der Waals surface area contributed by atoms with Crippen molar-refractivity contribution in [1.29, 1.82) is 0 Å². The normalized spacial score (nSPS) is 15.2. The third-order valence-corrected chi connectivity index (χ3v) is 5.28. The Morgan fingerprint density at radius 3 is 2.38 bits per heavy atom. The molecular formula is C19H20Cl2FN3O. The number of hydrogen-bond donors (Lipinski definition) is 1. The van der Waals surface area contributed by atoms with Crippen molar-refractivity contribution < 1.29 is 9.18 Å². The molecule has 1 fully saturated rings. The van der Waals surface area contributed by atoms with Crippen LogP contribution in [0.2, 0.25) is 10.0 Å². The first-order valence-corrected chi connectivity index (χ1v) is 9.17. The van der Waals surface area contributed by atoms with Gasteiger partial charge in [-0.3, -0.25) is 9.69 Å². The monoisotopic (exact) mass is 395 g/mol. The molecule has 1 aliphatic rings. The van der Waals surface area contributed by atoms with Crippen LogP contribution in [0, 0.1) is 12.7 Å². The molecule has 2 aromatic carbocycles. The van der Waals surface area contributed by atoms with Gasteiger partial charge in [0.15, 0.2) is 0 Å². The van der Waals surface area contributed by atoms with Crippen LogP contribution in [0.4, 0.5) is 15.8 Å². The van der Waals surface area contributed by atoms with Crippen LogP contribution >= 0.6 is 23.2 Å². The van der Waals surface area contributed by atoms with Crippen molar-refractivity contribution in [2.75, 3.05) is 42.9 Å². The lowest BCUT2D eigenvalue weighted by molar-refractivity contribution is -0.117. The quantitative estimate of drug-likeness (QED) is 0.842. The van der Waals surface area contributed by atoms with E-state index >= 15 is 0 Å². The Bertz CT molecular complexity index is 790. The van der Waals surface area contributed by atoms with E-state index in [0.717, 1.165) is 37.4 Å². The topological polar surface area (TPSA) is 35.6 Å². The van der Waals surface area contributed by atoms with Crippen molar-refractivity contribution in [3.63, 3.8) is 0 Å². The van der Waals surface area contributed by atoms with Gasteiger partial charge in [0.05, 0.1) is 22.3 Å². The fourth-order valence-electron chi connectivity index (χ4n) is 2.97. The molecule has 26 heavy (non-hydrogen) atoms. The number of amides is 1. The Morgan fingerprint density at radius 1 is 1.08 bits per heavy atom. The molecule has 0 aromatic heterocycles. The summed E-state index contributed by atoms with van der Waals surface area (Å²) in [5.74, 6) is -0.382. The maximum absolute atomic E-state index is 13.0. The summed E-state index contributed by atoms with van der Waals surface area (Å²) in [6.07, 6.45) is 0. The van der Waals surface area contributed by atoms with Gasteiger partial charge < -0.3 is 10.2 Å². The van der Waals surface area contributed by atoms with E-state index in [-0.39, 0.29) is 18.3 Å². The molecule has 0 spiro atoms. The minimum atomic E-state index is -0.238. The first kappa shape index (κ1) is 19.0. The number of hydrogen-bond acceptors (Lipinski definition) is 3. The Kier molecular flexibility index (Phi) is 6.01. The van der Waals surface area contributed by atoms with Crippen molar-refractivity contribution in [3.8, 4) is 0 Å². The van der Waals surface area contributed by atoms with Crippen LogP contribution in [-0.4, -0.2) is 43.5 Å². The van der Waals surface area contributed by atoms with Crippen LogP contribution in [0.3, 0.4) is 0 Å². The summed E-state index contributed by atoms with van der Waals surface area (Å²) < 4.78 is 13.0. The fraction of sp³-hybridized carbons (Fsp3) is 0.316. The zero-order chi connectivity index (χ0) is 18.7. The van der Waals surface area contributed by atoms with Crippen LogP contribution in [0.15, 0.2) is 36.4 Å². The molecule has 0 saturated carbocycles. The highest BCUT2D eigenvalue weighted by Crippen LogP contribution is 2.32. The molecule has 1 heterocycles. The third-order valence-electron chi connectivity index (χ3n) is 4.48. The Labute approximate surface area is 162 Å². The second kappa shape index (κ2) is 8.25. The van der Waals surface area contributed by atoms with Crippen molar-refractivity contribution in [3.05, 3.63) is 57.8 Å². The molecule has 1 saturated heterocycles. The first-order valence-electron chi connectivity index (χ1n) is 8.41.